The predicted octanol–water partition coefficient (Wildman–Crippen LogP) is 2.17. The van der Waals surface area contributed by atoms with Crippen LogP contribution in [0.1, 0.15) is 16.8 Å². The van der Waals surface area contributed by atoms with E-state index in [1.807, 2.05) is 0 Å². The zero-order valence-electron chi connectivity index (χ0n) is 11.7. The predicted molar refractivity (Wildman–Crippen MR) is 83.8 cm³/mol. The Morgan fingerprint density at radius 1 is 0.864 bits per heavy atom. The topological polar surface area (TPSA) is 91.7 Å². The molecule has 0 heterocycles. The maximum atomic E-state index is 13.4. The lowest BCUT2D eigenvalue weighted by Gasteiger charge is -2.18. The van der Waals surface area contributed by atoms with Gasteiger partial charge >= 0.3 is 11.9 Å². The van der Waals surface area contributed by atoms with Crippen molar-refractivity contribution >= 4 is 29.7 Å². The molecule has 0 aliphatic heterocycles. The van der Waals surface area contributed by atoms with Crippen LogP contribution < -0.4 is 10.6 Å². The number of carboxylic acid groups (broad SMARTS) is 2. The van der Waals surface area contributed by atoms with Crippen LogP contribution in [0.5, 0.6) is 0 Å². The largest absolute Gasteiger partial charge is 0.481 e. The molecule has 2 rings (SSSR count). The number of hydrogen-bond acceptors (Lipinski definition) is 3. The van der Waals surface area contributed by atoms with Crippen molar-refractivity contribution in [1.29, 1.82) is 0 Å². The van der Waals surface area contributed by atoms with E-state index >= 15 is 0 Å². The van der Waals surface area contributed by atoms with Gasteiger partial charge in [-0.05, 0) is 12.1 Å². The SMILES string of the molecule is O=C(O)CCP(=O)(c1ccccc1)c1ccc(C(=O)O)cc1. The van der Waals surface area contributed by atoms with Gasteiger partial charge in [-0.25, -0.2) is 4.79 Å². The Bertz CT molecular complexity index is 722. The van der Waals surface area contributed by atoms with Crippen LogP contribution in [0.3, 0.4) is 0 Å². The molecule has 0 aliphatic carbocycles. The van der Waals surface area contributed by atoms with Gasteiger partial charge in [-0.1, -0.05) is 42.5 Å². The van der Waals surface area contributed by atoms with E-state index < -0.39 is 19.1 Å². The minimum absolute atomic E-state index is 0.00123. The average molecular weight is 318 g/mol. The fourth-order valence-electron chi connectivity index (χ4n) is 2.17. The first-order valence-corrected chi connectivity index (χ1v) is 8.53. The molecule has 0 fully saturated rings. The lowest BCUT2D eigenvalue weighted by molar-refractivity contribution is -0.136. The van der Waals surface area contributed by atoms with Crippen molar-refractivity contribution in [1.82, 2.24) is 0 Å². The zero-order valence-corrected chi connectivity index (χ0v) is 12.6. The van der Waals surface area contributed by atoms with E-state index in [9.17, 15) is 14.2 Å². The Morgan fingerprint density at radius 2 is 1.41 bits per heavy atom. The van der Waals surface area contributed by atoms with Crippen molar-refractivity contribution < 1.29 is 24.4 Å². The van der Waals surface area contributed by atoms with E-state index in [2.05, 4.69) is 0 Å². The summed E-state index contributed by atoms with van der Waals surface area (Å²) in [5.74, 6) is -2.08. The van der Waals surface area contributed by atoms with Crippen molar-refractivity contribution in [3.8, 4) is 0 Å². The second-order valence-corrected chi connectivity index (χ2v) is 7.75. The number of hydrogen-bond donors (Lipinski definition) is 2. The van der Waals surface area contributed by atoms with Gasteiger partial charge < -0.3 is 14.8 Å². The standard InChI is InChI=1S/C16H15O5P/c17-15(18)10-11-22(21,13-4-2-1-3-5-13)14-8-6-12(7-9-14)16(19)20/h1-9H,10-11H2,(H,17,18)(H,19,20). The highest BCUT2D eigenvalue weighted by Crippen LogP contribution is 2.43. The summed E-state index contributed by atoms with van der Waals surface area (Å²) < 4.78 is 13.4. The van der Waals surface area contributed by atoms with E-state index in [0.717, 1.165) is 0 Å². The molecular formula is C16H15O5P. The summed E-state index contributed by atoms with van der Waals surface area (Å²) in [7, 11) is -3.10. The molecule has 0 spiro atoms. The number of carboxylic acids is 2. The quantitative estimate of drug-likeness (QED) is 0.797. The second-order valence-electron chi connectivity index (χ2n) is 4.79. The molecule has 6 heteroatoms. The van der Waals surface area contributed by atoms with Gasteiger partial charge in [0.15, 0.2) is 0 Å². The normalized spacial score (nSPS) is 13.3. The molecule has 0 radical (unpaired) electrons. The van der Waals surface area contributed by atoms with Crippen LogP contribution in [0.2, 0.25) is 0 Å². The summed E-state index contributed by atoms with van der Waals surface area (Å²) in [6.45, 7) is 0. The van der Waals surface area contributed by atoms with E-state index in [1.54, 1.807) is 30.3 Å². The van der Waals surface area contributed by atoms with Crippen molar-refractivity contribution in [3.63, 3.8) is 0 Å². The van der Waals surface area contributed by atoms with Crippen LogP contribution in [0.25, 0.3) is 0 Å². The second kappa shape index (κ2) is 6.58. The van der Waals surface area contributed by atoms with E-state index in [4.69, 9.17) is 10.2 Å². The Kier molecular flexibility index (Phi) is 4.78. The summed E-state index contributed by atoms with van der Waals surface area (Å²) in [6.07, 6.45) is -0.217. The number of benzene rings is 2. The van der Waals surface area contributed by atoms with Crippen molar-refractivity contribution in [2.75, 3.05) is 6.16 Å². The Hall–Kier alpha value is -2.39. The number of aromatic carboxylic acids is 1. The molecule has 2 N–H and O–H groups in total. The number of aliphatic carboxylic acids is 1. The van der Waals surface area contributed by atoms with Crippen molar-refractivity contribution in [3.05, 3.63) is 60.2 Å². The molecule has 0 aliphatic rings. The van der Waals surface area contributed by atoms with Crippen LogP contribution >= 0.6 is 7.14 Å². The molecule has 2 aromatic rings. The number of rotatable bonds is 6. The Morgan fingerprint density at radius 3 is 1.91 bits per heavy atom. The lowest BCUT2D eigenvalue weighted by Crippen LogP contribution is -2.20. The molecule has 2 aromatic carbocycles. The molecule has 114 valence electrons. The van der Waals surface area contributed by atoms with Gasteiger partial charge in [0.1, 0.15) is 7.14 Å². The molecular weight excluding hydrogens is 303 g/mol. The molecule has 1 unspecified atom stereocenters. The summed E-state index contributed by atoms with van der Waals surface area (Å²) in [5.41, 5.74) is 0.0987. The van der Waals surface area contributed by atoms with Gasteiger partial charge in [0, 0.05) is 16.8 Å². The first-order valence-electron chi connectivity index (χ1n) is 6.64. The molecule has 0 bridgehead atoms. The van der Waals surface area contributed by atoms with E-state index in [0.29, 0.717) is 10.6 Å². The molecule has 0 saturated heterocycles. The number of carbonyl (C=O) groups is 2. The first-order chi connectivity index (χ1) is 10.4. The first kappa shape index (κ1) is 16.0. The third kappa shape index (κ3) is 3.43. The molecule has 5 nitrogen and oxygen atoms in total. The van der Waals surface area contributed by atoms with Crippen LogP contribution in [0, 0.1) is 0 Å². The molecule has 0 aromatic heterocycles. The zero-order chi connectivity index (χ0) is 16.2. The summed E-state index contributed by atoms with van der Waals surface area (Å²) >= 11 is 0. The van der Waals surface area contributed by atoms with Crippen LogP contribution in [-0.4, -0.2) is 28.3 Å². The fraction of sp³-hybridized carbons (Fsp3) is 0.125. The minimum atomic E-state index is -3.10. The summed E-state index contributed by atoms with van der Waals surface area (Å²) in [4.78, 5) is 21.8. The van der Waals surface area contributed by atoms with E-state index in [1.165, 1.54) is 24.3 Å². The Balaban J connectivity index is 2.46. The maximum absolute atomic E-state index is 13.4. The lowest BCUT2D eigenvalue weighted by atomic mass is 10.2. The highest BCUT2D eigenvalue weighted by molar-refractivity contribution is 7.78. The van der Waals surface area contributed by atoms with Gasteiger partial charge in [0.05, 0.1) is 12.0 Å². The van der Waals surface area contributed by atoms with Crippen LogP contribution in [-0.2, 0) is 9.36 Å². The third-order valence-electron chi connectivity index (χ3n) is 3.35. The monoisotopic (exact) mass is 318 g/mol. The summed E-state index contributed by atoms with van der Waals surface area (Å²) in [5, 5.41) is 18.8. The van der Waals surface area contributed by atoms with Gasteiger partial charge in [0.2, 0.25) is 0 Å². The Labute approximate surface area is 127 Å². The van der Waals surface area contributed by atoms with Crippen molar-refractivity contribution in [2.24, 2.45) is 0 Å². The summed E-state index contributed by atoms with van der Waals surface area (Å²) in [6, 6.07) is 14.4. The smallest absolute Gasteiger partial charge is 0.335 e. The van der Waals surface area contributed by atoms with Gasteiger partial charge in [0.25, 0.3) is 0 Å². The molecule has 22 heavy (non-hydrogen) atoms. The third-order valence-corrected chi connectivity index (χ3v) is 6.46. The van der Waals surface area contributed by atoms with Crippen molar-refractivity contribution in [2.45, 2.75) is 6.42 Å². The van der Waals surface area contributed by atoms with Gasteiger partial charge in [-0.15, -0.1) is 0 Å². The van der Waals surface area contributed by atoms with Gasteiger partial charge in [-0.3, -0.25) is 4.79 Å². The fourth-order valence-corrected chi connectivity index (χ4v) is 4.78. The highest BCUT2D eigenvalue weighted by atomic mass is 31.2. The molecule has 0 saturated carbocycles. The average Bonchev–Trinajstić information content (AvgIpc) is 2.53. The maximum Gasteiger partial charge on any atom is 0.335 e. The van der Waals surface area contributed by atoms with E-state index in [-0.39, 0.29) is 18.1 Å². The molecule has 0 amide bonds. The highest BCUT2D eigenvalue weighted by Gasteiger charge is 2.28. The van der Waals surface area contributed by atoms with Crippen LogP contribution in [0.15, 0.2) is 54.6 Å². The molecule has 1 atom stereocenters. The minimum Gasteiger partial charge on any atom is -0.481 e. The van der Waals surface area contributed by atoms with Gasteiger partial charge in [-0.2, -0.15) is 0 Å². The van der Waals surface area contributed by atoms with Crippen LogP contribution in [0.4, 0.5) is 0 Å².